The van der Waals surface area contributed by atoms with Crippen LogP contribution in [0.4, 0.5) is 5.69 Å². The van der Waals surface area contributed by atoms with Crippen LogP contribution in [-0.2, 0) is 14.9 Å². The van der Waals surface area contributed by atoms with Gasteiger partial charge in [-0.25, -0.2) is 4.79 Å². The summed E-state index contributed by atoms with van der Waals surface area (Å²) < 4.78 is 10.4. The van der Waals surface area contributed by atoms with Crippen molar-refractivity contribution < 1.29 is 24.2 Å². The normalized spacial score (nSPS) is 11.7. The van der Waals surface area contributed by atoms with Gasteiger partial charge in [-0.2, -0.15) is 0 Å². The van der Waals surface area contributed by atoms with E-state index in [1.807, 2.05) is 12.1 Å². The van der Waals surface area contributed by atoms with Gasteiger partial charge in [0.1, 0.15) is 11.5 Å². The third kappa shape index (κ3) is 7.59. The average Bonchev–Trinajstić information content (AvgIpc) is 2.71. The molecule has 0 saturated carbocycles. The number of ether oxygens (including phenoxy) is 2. The lowest BCUT2D eigenvalue weighted by molar-refractivity contribution is -0.116. The van der Waals surface area contributed by atoms with Crippen LogP contribution in [0.1, 0.15) is 69.8 Å². The van der Waals surface area contributed by atoms with E-state index in [1.54, 1.807) is 0 Å². The summed E-state index contributed by atoms with van der Waals surface area (Å²) in [6.45, 7) is 11.7. The van der Waals surface area contributed by atoms with E-state index in [2.05, 4.69) is 56.8 Å². The number of methoxy groups -OCH3 is 1. The zero-order chi connectivity index (χ0) is 23.9. The molecule has 2 aromatic carbocycles. The molecule has 0 spiro atoms. The first-order valence-corrected chi connectivity index (χ1v) is 10.9. The summed E-state index contributed by atoms with van der Waals surface area (Å²) in [6.07, 6.45) is 1.81. The number of hydrogen-bond donors (Lipinski definition) is 2. The third-order valence-corrected chi connectivity index (χ3v) is 5.12. The summed E-state index contributed by atoms with van der Waals surface area (Å²) in [6, 6.07) is 12.3. The van der Waals surface area contributed by atoms with Crippen LogP contribution in [-0.4, -0.2) is 30.7 Å². The van der Waals surface area contributed by atoms with Crippen molar-refractivity contribution in [1.82, 2.24) is 0 Å². The highest BCUT2D eigenvalue weighted by molar-refractivity contribution is 5.96. The van der Waals surface area contributed by atoms with Crippen molar-refractivity contribution in [1.29, 1.82) is 0 Å². The van der Waals surface area contributed by atoms with E-state index in [9.17, 15) is 14.7 Å². The Hall–Kier alpha value is -3.02. The Labute approximate surface area is 190 Å². The van der Waals surface area contributed by atoms with E-state index in [0.29, 0.717) is 13.0 Å². The molecule has 0 radical (unpaired) electrons. The second-order valence-corrected chi connectivity index (χ2v) is 9.87. The topological polar surface area (TPSA) is 84.9 Å². The maximum atomic E-state index is 12.2. The number of benzene rings is 2. The Morgan fingerprint density at radius 2 is 1.66 bits per heavy atom. The molecule has 0 aromatic heterocycles. The fourth-order valence-electron chi connectivity index (χ4n) is 3.95. The molecule has 0 bridgehead atoms. The van der Waals surface area contributed by atoms with Crippen LogP contribution in [0.5, 0.6) is 11.5 Å². The molecular formula is C26H35NO5. The highest BCUT2D eigenvalue weighted by Crippen LogP contribution is 2.36. The molecule has 6 heteroatoms. The van der Waals surface area contributed by atoms with Crippen molar-refractivity contribution in [2.75, 3.05) is 19.0 Å². The number of aromatic hydroxyl groups is 1. The summed E-state index contributed by atoms with van der Waals surface area (Å²) in [4.78, 5) is 23.8. The number of rotatable bonds is 9. The largest absolute Gasteiger partial charge is 0.506 e. The molecule has 0 heterocycles. The maximum Gasteiger partial charge on any atom is 0.337 e. The minimum Gasteiger partial charge on any atom is -0.506 e. The molecule has 0 aliphatic rings. The standard InChI is InChI=1S/C26H35NO5/c1-25(2,3)17-26(4,5)19-10-12-20(13-11-19)32-15-7-8-23(29)27-21-16-18(24(30)31-6)9-14-22(21)28/h9-14,16,28H,7-8,15,17H2,1-6H3,(H,27,29). The van der Waals surface area contributed by atoms with Crippen molar-refractivity contribution >= 4 is 17.6 Å². The Morgan fingerprint density at radius 1 is 1.00 bits per heavy atom. The highest BCUT2D eigenvalue weighted by Gasteiger charge is 2.27. The Balaban J connectivity index is 1.82. The van der Waals surface area contributed by atoms with E-state index in [4.69, 9.17) is 4.74 Å². The second kappa shape index (κ2) is 10.5. The predicted molar refractivity (Wildman–Crippen MR) is 126 cm³/mol. The summed E-state index contributed by atoms with van der Waals surface area (Å²) in [5.41, 5.74) is 2.01. The molecular weight excluding hydrogens is 406 g/mol. The molecule has 2 N–H and O–H groups in total. The van der Waals surface area contributed by atoms with Gasteiger partial charge >= 0.3 is 5.97 Å². The number of esters is 1. The first-order valence-electron chi connectivity index (χ1n) is 10.9. The number of hydrogen-bond acceptors (Lipinski definition) is 5. The quantitative estimate of drug-likeness (QED) is 0.297. The first kappa shape index (κ1) is 25.2. The molecule has 0 atom stereocenters. The van der Waals surface area contributed by atoms with E-state index in [1.165, 1.54) is 30.9 Å². The van der Waals surface area contributed by atoms with Gasteiger partial charge in [-0.05, 0) is 59.6 Å². The lowest BCUT2D eigenvalue weighted by Crippen LogP contribution is -2.24. The first-order chi connectivity index (χ1) is 14.9. The number of amides is 1. The molecule has 2 rings (SSSR count). The molecule has 6 nitrogen and oxygen atoms in total. The Kier molecular flexibility index (Phi) is 8.31. The number of carbonyl (C=O) groups is 2. The van der Waals surface area contributed by atoms with Crippen LogP contribution < -0.4 is 10.1 Å². The third-order valence-electron chi connectivity index (χ3n) is 5.12. The molecule has 0 aliphatic carbocycles. The van der Waals surface area contributed by atoms with Gasteiger partial charge in [-0.1, -0.05) is 46.8 Å². The fourth-order valence-corrected chi connectivity index (χ4v) is 3.95. The fraction of sp³-hybridized carbons (Fsp3) is 0.462. The number of anilines is 1. The van der Waals surface area contributed by atoms with Gasteiger partial charge in [0.2, 0.25) is 5.91 Å². The molecule has 0 aliphatic heterocycles. The second-order valence-electron chi connectivity index (χ2n) is 9.87. The van der Waals surface area contributed by atoms with Crippen molar-refractivity contribution in [2.24, 2.45) is 5.41 Å². The summed E-state index contributed by atoms with van der Waals surface area (Å²) in [5, 5.41) is 12.5. The Morgan fingerprint density at radius 3 is 2.25 bits per heavy atom. The lowest BCUT2D eigenvalue weighted by Gasteiger charge is -2.33. The number of phenolic OH excluding ortho intramolecular Hbond substituents is 1. The van der Waals surface area contributed by atoms with Crippen molar-refractivity contribution in [3.8, 4) is 11.5 Å². The van der Waals surface area contributed by atoms with Gasteiger partial charge in [0.15, 0.2) is 0 Å². The summed E-state index contributed by atoms with van der Waals surface area (Å²) in [5.74, 6) is -0.159. The van der Waals surface area contributed by atoms with Crippen LogP contribution in [0, 0.1) is 5.41 Å². The van der Waals surface area contributed by atoms with Gasteiger partial charge in [-0.15, -0.1) is 0 Å². The van der Waals surface area contributed by atoms with Crippen LogP contribution in [0.15, 0.2) is 42.5 Å². The van der Waals surface area contributed by atoms with Crippen LogP contribution >= 0.6 is 0 Å². The van der Waals surface area contributed by atoms with Crippen LogP contribution in [0.2, 0.25) is 0 Å². The predicted octanol–water partition coefficient (Wildman–Crippen LogP) is 5.69. The molecule has 1 amide bonds. The molecule has 0 saturated heterocycles. The lowest BCUT2D eigenvalue weighted by atomic mass is 9.72. The van der Waals surface area contributed by atoms with Gasteiger partial charge in [0.25, 0.3) is 0 Å². The van der Waals surface area contributed by atoms with Crippen molar-refractivity contribution in [2.45, 2.75) is 59.3 Å². The molecule has 0 fully saturated rings. The van der Waals surface area contributed by atoms with E-state index < -0.39 is 5.97 Å². The smallest absolute Gasteiger partial charge is 0.337 e. The van der Waals surface area contributed by atoms with Gasteiger partial charge in [0.05, 0.1) is 25.0 Å². The average molecular weight is 442 g/mol. The molecule has 32 heavy (non-hydrogen) atoms. The minimum absolute atomic E-state index is 0.0750. The minimum atomic E-state index is -0.540. The summed E-state index contributed by atoms with van der Waals surface area (Å²) in [7, 11) is 1.27. The number of carbonyl (C=O) groups excluding carboxylic acids is 2. The van der Waals surface area contributed by atoms with Crippen molar-refractivity contribution in [3.05, 3.63) is 53.6 Å². The monoisotopic (exact) mass is 441 g/mol. The zero-order valence-corrected chi connectivity index (χ0v) is 20.0. The van der Waals surface area contributed by atoms with E-state index >= 15 is 0 Å². The van der Waals surface area contributed by atoms with Gasteiger partial charge in [-0.3, -0.25) is 4.79 Å². The maximum absolute atomic E-state index is 12.2. The SMILES string of the molecule is COC(=O)c1ccc(O)c(NC(=O)CCCOc2ccc(C(C)(C)CC(C)(C)C)cc2)c1. The summed E-state index contributed by atoms with van der Waals surface area (Å²) >= 11 is 0. The molecule has 174 valence electrons. The number of nitrogens with one attached hydrogen (secondary N) is 1. The molecule has 2 aromatic rings. The zero-order valence-electron chi connectivity index (χ0n) is 20.0. The Bertz CT molecular complexity index is 926. The van der Waals surface area contributed by atoms with E-state index in [-0.39, 0.29) is 40.2 Å². The molecule has 0 unspecified atom stereocenters. The number of phenols is 1. The van der Waals surface area contributed by atoms with Crippen LogP contribution in [0.3, 0.4) is 0 Å². The van der Waals surface area contributed by atoms with E-state index in [0.717, 1.165) is 12.2 Å². The van der Waals surface area contributed by atoms with Gasteiger partial charge in [0, 0.05) is 6.42 Å². The van der Waals surface area contributed by atoms with Gasteiger partial charge < -0.3 is 19.9 Å². The van der Waals surface area contributed by atoms with Crippen LogP contribution in [0.25, 0.3) is 0 Å². The highest BCUT2D eigenvalue weighted by atomic mass is 16.5. The van der Waals surface area contributed by atoms with Crippen molar-refractivity contribution in [3.63, 3.8) is 0 Å².